The van der Waals surface area contributed by atoms with Gasteiger partial charge >= 0.3 is 35.5 Å². The Morgan fingerprint density at radius 2 is 1.83 bits per heavy atom. The predicted molar refractivity (Wildman–Crippen MR) is 57.3 cm³/mol. The molecule has 6 nitrogen and oxygen atoms in total. The minimum atomic E-state index is -4.79. The topological polar surface area (TPSA) is 92.7 Å². The molecule has 0 unspecified atom stereocenters. The molecule has 18 heavy (non-hydrogen) atoms. The largest absolute Gasteiger partial charge is 1.00 e. The number of hydrogen-bond acceptors (Lipinski definition) is 6. The van der Waals surface area contributed by atoms with Gasteiger partial charge in [0.25, 0.3) is 10.4 Å². The van der Waals surface area contributed by atoms with Gasteiger partial charge in [0, 0.05) is 0 Å². The van der Waals surface area contributed by atoms with Gasteiger partial charge in [-0.15, -0.1) is 0 Å². The van der Waals surface area contributed by atoms with Crippen molar-refractivity contribution in [3.8, 4) is 5.75 Å². The van der Waals surface area contributed by atoms with E-state index in [-0.39, 0.29) is 40.9 Å². The molecule has 1 rings (SSSR count). The summed E-state index contributed by atoms with van der Waals surface area (Å²) in [7, 11) is -4.79. The van der Waals surface area contributed by atoms with E-state index < -0.39 is 16.4 Å². The summed E-state index contributed by atoms with van der Waals surface area (Å²) in [6, 6.07) is 5.05. The minimum absolute atomic E-state index is 0. The van der Waals surface area contributed by atoms with E-state index in [0.29, 0.717) is 13.0 Å². The molecule has 0 atom stereocenters. The third-order valence-corrected chi connectivity index (χ3v) is 2.12. The van der Waals surface area contributed by atoms with Gasteiger partial charge < -0.3 is 13.5 Å². The first-order chi connectivity index (χ1) is 7.92. The van der Waals surface area contributed by atoms with Crippen LogP contribution in [-0.2, 0) is 15.1 Å². The van der Waals surface area contributed by atoms with Crippen LogP contribution in [0.3, 0.4) is 0 Å². The average Bonchev–Trinajstić information content (AvgIpc) is 2.24. The van der Waals surface area contributed by atoms with Crippen LogP contribution in [0.2, 0.25) is 0 Å². The van der Waals surface area contributed by atoms with Crippen molar-refractivity contribution in [2.45, 2.75) is 13.3 Å². The zero-order chi connectivity index (χ0) is 12.9. The number of ether oxygens (including phenoxy) is 1. The van der Waals surface area contributed by atoms with E-state index in [4.69, 9.17) is 4.74 Å². The molecule has 0 heterocycles. The number of hydrogen-bond donors (Lipinski definition) is 0. The number of carbonyl (C=O) groups is 1. The summed E-state index contributed by atoms with van der Waals surface area (Å²) in [5.74, 6) is -0.657. The Morgan fingerprint density at radius 1 is 1.28 bits per heavy atom. The second-order valence-corrected chi connectivity index (χ2v) is 4.14. The van der Waals surface area contributed by atoms with Crippen molar-refractivity contribution in [2.24, 2.45) is 0 Å². The van der Waals surface area contributed by atoms with E-state index in [1.807, 2.05) is 6.92 Å². The summed E-state index contributed by atoms with van der Waals surface area (Å²) in [6.45, 7) is 2.18. The molecular weight excluding hydrogens is 271 g/mol. The van der Waals surface area contributed by atoms with Gasteiger partial charge in [0.1, 0.15) is 5.75 Å². The Labute approximate surface area is 128 Å². The van der Waals surface area contributed by atoms with E-state index in [2.05, 4.69) is 4.18 Å². The maximum atomic E-state index is 11.4. The van der Waals surface area contributed by atoms with Gasteiger partial charge in [0.2, 0.25) is 0 Å². The van der Waals surface area contributed by atoms with Crippen molar-refractivity contribution in [1.82, 2.24) is 0 Å². The van der Waals surface area contributed by atoms with Crippen molar-refractivity contribution < 1.29 is 56.2 Å². The van der Waals surface area contributed by atoms with E-state index in [9.17, 15) is 17.8 Å². The van der Waals surface area contributed by atoms with Crippen molar-refractivity contribution in [1.29, 1.82) is 0 Å². The third kappa shape index (κ3) is 6.36. The Balaban J connectivity index is 0.00000289. The Morgan fingerprint density at radius 3 is 2.28 bits per heavy atom. The van der Waals surface area contributed by atoms with Crippen molar-refractivity contribution in [2.75, 3.05) is 6.61 Å². The Kier molecular flexibility index (Phi) is 7.49. The molecule has 0 saturated carbocycles. The summed E-state index contributed by atoms with van der Waals surface area (Å²) < 4.78 is 39.8. The zero-order valence-electron chi connectivity index (χ0n) is 10.1. The Bertz CT molecular complexity index is 482. The van der Waals surface area contributed by atoms with Crippen LogP contribution in [0.25, 0.3) is 0 Å². The van der Waals surface area contributed by atoms with E-state index in [0.717, 1.165) is 0 Å². The van der Waals surface area contributed by atoms with Crippen molar-refractivity contribution >= 4 is 16.4 Å². The van der Waals surface area contributed by atoms with E-state index in [1.54, 1.807) is 0 Å². The summed E-state index contributed by atoms with van der Waals surface area (Å²) in [5, 5.41) is 0. The average molecular weight is 282 g/mol. The Hall–Kier alpha value is -0.600. The summed E-state index contributed by atoms with van der Waals surface area (Å²) >= 11 is 0. The standard InChI is InChI=1S/C10H12O6S.Na/c1-2-7-15-10(11)8-3-5-9(6-4-8)16-17(12,13)14;/h3-6H,2,7H2,1H3,(H,12,13,14);/q;+1/p-1. The van der Waals surface area contributed by atoms with Crippen LogP contribution in [0.1, 0.15) is 23.7 Å². The predicted octanol–water partition coefficient (Wildman–Crippen LogP) is -1.90. The normalized spacial score (nSPS) is 10.3. The van der Waals surface area contributed by atoms with Crippen LogP contribution in [0, 0.1) is 0 Å². The molecule has 0 spiro atoms. The quantitative estimate of drug-likeness (QED) is 0.271. The monoisotopic (exact) mass is 282 g/mol. The van der Waals surface area contributed by atoms with Gasteiger partial charge in [0.05, 0.1) is 12.2 Å². The molecule has 0 fully saturated rings. The fourth-order valence-electron chi connectivity index (χ4n) is 1.04. The summed E-state index contributed by atoms with van der Waals surface area (Å²) in [4.78, 5) is 11.4. The van der Waals surface area contributed by atoms with Gasteiger partial charge in [-0.2, -0.15) is 0 Å². The molecule has 94 valence electrons. The molecule has 0 radical (unpaired) electrons. The first kappa shape index (κ1) is 17.4. The van der Waals surface area contributed by atoms with Crippen LogP contribution in [0.15, 0.2) is 24.3 Å². The summed E-state index contributed by atoms with van der Waals surface area (Å²) in [5.41, 5.74) is 0.258. The summed E-state index contributed by atoms with van der Waals surface area (Å²) in [6.07, 6.45) is 0.710. The second kappa shape index (κ2) is 7.75. The number of benzene rings is 1. The number of rotatable bonds is 5. The maximum Gasteiger partial charge on any atom is 1.00 e. The fraction of sp³-hybridized carbons (Fsp3) is 0.300. The van der Waals surface area contributed by atoms with Crippen LogP contribution in [-0.4, -0.2) is 25.5 Å². The van der Waals surface area contributed by atoms with Crippen LogP contribution in [0.5, 0.6) is 5.75 Å². The molecule has 8 heteroatoms. The van der Waals surface area contributed by atoms with Crippen LogP contribution in [0.4, 0.5) is 0 Å². The van der Waals surface area contributed by atoms with Gasteiger partial charge in [-0.1, -0.05) is 6.92 Å². The molecule has 0 amide bonds. The zero-order valence-corrected chi connectivity index (χ0v) is 12.9. The van der Waals surface area contributed by atoms with Crippen molar-refractivity contribution in [3.63, 3.8) is 0 Å². The van der Waals surface area contributed by atoms with Gasteiger partial charge in [-0.3, -0.25) is 0 Å². The van der Waals surface area contributed by atoms with Gasteiger partial charge in [0.15, 0.2) is 0 Å². The molecule has 0 aromatic heterocycles. The van der Waals surface area contributed by atoms with Crippen LogP contribution >= 0.6 is 0 Å². The molecule has 0 aliphatic carbocycles. The van der Waals surface area contributed by atoms with Gasteiger partial charge in [-0.25, -0.2) is 13.2 Å². The molecule has 0 aliphatic heterocycles. The van der Waals surface area contributed by atoms with Gasteiger partial charge in [-0.05, 0) is 30.7 Å². The number of carbonyl (C=O) groups excluding carboxylic acids is 1. The SMILES string of the molecule is CCCOC(=O)c1ccc(OS(=O)(=O)[O-])cc1.[Na+]. The molecule has 0 N–H and O–H groups in total. The maximum absolute atomic E-state index is 11.4. The number of esters is 1. The van der Waals surface area contributed by atoms with E-state index >= 15 is 0 Å². The van der Waals surface area contributed by atoms with Crippen LogP contribution < -0.4 is 33.7 Å². The molecule has 0 aliphatic rings. The molecule has 1 aromatic carbocycles. The minimum Gasteiger partial charge on any atom is -0.716 e. The first-order valence-corrected chi connectivity index (χ1v) is 6.18. The second-order valence-electron chi connectivity index (χ2n) is 3.15. The molecule has 0 saturated heterocycles. The molecular formula is C10H11NaO6S. The third-order valence-electron chi connectivity index (χ3n) is 1.73. The molecule has 0 bridgehead atoms. The van der Waals surface area contributed by atoms with E-state index in [1.165, 1.54) is 24.3 Å². The van der Waals surface area contributed by atoms with Crippen molar-refractivity contribution in [3.05, 3.63) is 29.8 Å². The molecule has 1 aromatic rings. The fourth-order valence-corrected chi connectivity index (χ4v) is 1.39. The smallest absolute Gasteiger partial charge is 0.716 e. The first-order valence-electron chi connectivity index (χ1n) is 4.85.